The minimum absolute atomic E-state index is 0.0348. The van der Waals surface area contributed by atoms with E-state index in [-0.39, 0.29) is 17.1 Å². The number of ketones is 2. The lowest BCUT2D eigenvalue weighted by Gasteiger charge is -2.57. The van der Waals surface area contributed by atoms with Gasteiger partial charge in [0.1, 0.15) is 5.60 Å². The molecule has 3 saturated carbocycles. The molecule has 0 aliphatic heterocycles. The maximum absolute atomic E-state index is 12.1. The molecule has 0 aromatic carbocycles. The van der Waals surface area contributed by atoms with Crippen LogP contribution in [0.25, 0.3) is 0 Å². The smallest absolute Gasteiger partial charge is 0.161 e. The summed E-state index contributed by atoms with van der Waals surface area (Å²) in [5, 5.41) is 10.9. The summed E-state index contributed by atoms with van der Waals surface area (Å²) < 4.78 is 0. The van der Waals surface area contributed by atoms with Crippen molar-refractivity contribution in [3.63, 3.8) is 0 Å². The first-order valence-electron chi connectivity index (χ1n) is 9.75. The van der Waals surface area contributed by atoms with E-state index in [4.69, 9.17) is 0 Å². The topological polar surface area (TPSA) is 54.4 Å². The summed E-state index contributed by atoms with van der Waals surface area (Å²) in [6.07, 6.45) is 8.43. The van der Waals surface area contributed by atoms with Gasteiger partial charge in [0.15, 0.2) is 11.6 Å². The van der Waals surface area contributed by atoms with Gasteiger partial charge in [-0.2, -0.15) is 0 Å². The first kappa shape index (κ1) is 16.5. The second-order valence-electron chi connectivity index (χ2n) is 9.26. The van der Waals surface area contributed by atoms with Gasteiger partial charge in [-0.1, -0.05) is 19.4 Å². The summed E-state index contributed by atoms with van der Waals surface area (Å²) in [6, 6.07) is 0. The SMILES string of the molecule is CC(=O)[C@@]1(O)CC[C@@H]2C1CC[C@H]1[C@H]2C[C@H](C)C2=CC(=O)CC[C@@]21C. The molecular formula is C21H30O3. The highest BCUT2D eigenvalue weighted by Gasteiger charge is 2.60. The number of fused-ring (bicyclic) bond motifs is 5. The van der Waals surface area contributed by atoms with Crippen LogP contribution in [-0.4, -0.2) is 22.3 Å². The zero-order valence-electron chi connectivity index (χ0n) is 15.2. The molecular weight excluding hydrogens is 300 g/mol. The third kappa shape index (κ3) is 2.06. The molecule has 0 radical (unpaired) electrons. The molecule has 0 amide bonds. The first-order valence-corrected chi connectivity index (χ1v) is 9.75. The number of rotatable bonds is 1. The molecule has 24 heavy (non-hydrogen) atoms. The molecule has 3 heteroatoms. The maximum atomic E-state index is 12.1. The van der Waals surface area contributed by atoms with Gasteiger partial charge in [-0.25, -0.2) is 0 Å². The van der Waals surface area contributed by atoms with E-state index in [1.807, 2.05) is 6.08 Å². The molecule has 0 spiro atoms. The molecule has 0 heterocycles. The van der Waals surface area contributed by atoms with Crippen molar-refractivity contribution in [1.29, 1.82) is 0 Å². The van der Waals surface area contributed by atoms with Crippen LogP contribution in [0.4, 0.5) is 0 Å². The van der Waals surface area contributed by atoms with E-state index in [1.54, 1.807) is 6.92 Å². The van der Waals surface area contributed by atoms with Gasteiger partial charge in [-0.15, -0.1) is 0 Å². The Kier molecular flexibility index (Phi) is 3.62. The Labute approximate surface area is 144 Å². The lowest BCUT2D eigenvalue weighted by molar-refractivity contribution is -0.144. The van der Waals surface area contributed by atoms with Crippen molar-refractivity contribution in [3.05, 3.63) is 11.6 Å². The summed E-state index contributed by atoms with van der Waals surface area (Å²) >= 11 is 0. The number of aliphatic hydroxyl groups is 1. The fourth-order valence-electron chi connectivity index (χ4n) is 7.11. The molecule has 4 aliphatic carbocycles. The third-order valence-electron chi connectivity index (χ3n) is 8.30. The highest BCUT2D eigenvalue weighted by Crippen LogP contribution is 2.64. The Morgan fingerprint density at radius 2 is 1.88 bits per heavy atom. The van der Waals surface area contributed by atoms with Gasteiger partial charge < -0.3 is 5.11 Å². The van der Waals surface area contributed by atoms with Crippen LogP contribution in [0, 0.1) is 35.0 Å². The van der Waals surface area contributed by atoms with Crippen LogP contribution in [0.5, 0.6) is 0 Å². The molecule has 0 bridgehead atoms. The Bertz CT molecular complexity index is 621. The maximum Gasteiger partial charge on any atom is 0.161 e. The molecule has 0 aromatic rings. The van der Waals surface area contributed by atoms with E-state index in [9.17, 15) is 14.7 Å². The van der Waals surface area contributed by atoms with Crippen molar-refractivity contribution in [2.24, 2.45) is 35.0 Å². The van der Waals surface area contributed by atoms with E-state index in [2.05, 4.69) is 13.8 Å². The number of allylic oxidation sites excluding steroid dienone is 1. The second-order valence-corrected chi connectivity index (χ2v) is 9.26. The van der Waals surface area contributed by atoms with Crippen LogP contribution in [0.1, 0.15) is 65.7 Å². The molecule has 0 saturated heterocycles. The van der Waals surface area contributed by atoms with Gasteiger partial charge in [0, 0.05) is 6.42 Å². The van der Waals surface area contributed by atoms with Crippen molar-refractivity contribution < 1.29 is 14.7 Å². The fourth-order valence-corrected chi connectivity index (χ4v) is 7.11. The summed E-state index contributed by atoms with van der Waals surface area (Å²) in [7, 11) is 0. The number of carbonyl (C=O) groups is 2. The Morgan fingerprint density at radius 1 is 1.17 bits per heavy atom. The molecule has 3 nitrogen and oxygen atoms in total. The fraction of sp³-hybridized carbons (Fsp3) is 0.810. The standard InChI is InChI=1S/C21H30O3/c1-12-10-16-15-7-9-21(24,13(2)22)18(15)5-4-17(16)20(3)8-6-14(23)11-19(12)20/h11-12,15-18,24H,4-10H2,1-3H3/t12-,15-,16-,17-,18?,20+,21-/m0/s1. The largest absolute Gasteiger partial charge is 0.382 e. The van der Waals surface area contributed by atoms with Crippen molar-refractivity contribution >= 4 is 11.6 Å². The zero-order chi connectivity index (χ0) is 17.3. The number of hydrogen-bond acceptors (Lipinski definition) is 3. The highest BCUT2D eigenvalue weighted by atomic mass is 16.3. The zero-order valence-corrected chi connectivity index (χ0v) is 15.2. The normalized spacial score (nSPS) is 50.6. The van der Waals surface area contributed by atoms with Crippen LogP contribution in [0.15, 0.2) is 11.6 Å². The van der Waals surface area contributed by atoms with Crippen molar-refractivity contribution in [1.82, 2.24) is 0 Å². The molecule has 3 fully saturated rings. The van der Waals surface area contributed by atoms with Crippen LogP contribution in [0.2, 0.25) is 0 Å². The van der Waals surface area contributed by atoms with Crippen LogP contribution in [0.3, 0.4) is 0 Å². The van der Waals surface area contributed by atoms with Crippen molar-refractivity contribution in [3.8, 4) is 0 Å². The molecule has 1 N–H and O–H groups in total. The molecule has 132 valence electrons. The van der Waals surface area contributed by atoms with Crippen molar-refractivity contribution in [2.75, 3.05) is 0 Å². The van der Waals surface area contributed by atoms with E-state index in [0.29, 0.717) is 42.3 Å². The van der Waals surface area contributed by atoms with E-state index in [1.165, 1.54) is 5.57 Å². The second kappa shape index (κ2) is 5.27. The summed E-state index contributed by atoms with van der Waals surface area (Å²) in [6.45, 7) is 6.21. The molecule has 0 aromatic heterocycles. The van der Waals surface area contributed by atoms with Gasteiger partial charge in [-0.05, 0) is 86.5 Å². The molecule has 7 atom stereocenters. The monoisotopic (exact) mass is 330 g/mol. The van der Waals surface area contributed by atoms with Gasteiger partial charge >= 0.3 is 0 Å². The minimum Gasteiger partial charge on any atom is -0.382 e. The minimum atomic E-state index is -1.07. The number of carbonyl (C=O) groups excluding carboxylic acids is 2. The van der Waals surface area contributed by atoms with Crippen LogP contribution >= 0.6 is 0 Å². The lowest BCUT2D eigenvalue weighted by Crippen LogP contribution is -2.52. The molecule has 4 aliphatic rings. The average Bonchev–Trinajstić information content (AvgIpc) is 2.88. The summed E-state index contributed by atoms with van der Waals surface area (Å²) in [5.74, 6) is 2.57. The van der Waals surface area contributed by atoms with E-state index >= 15 is 0 Å². The number of hydrogen-bond donors (Lipinski definition) is 1. The van der Waals surface area contributed by atoms with E-state index < -0.39 is 5.60 Å². The number of Topliss-reactive ketones (excluding diaryl/α,β-unsaturated/α-hetero) is 1. The summed E-state index contributed by atoms with van der Waals surface area (Å²) in [5.41, 5.74) is 0.467. The predicted molar refractivity (Wildman–Crippen MR) is 92.3 cm³/mol. The van der Waals surface area contributed by atoms with Gasteiger partial charge in [0.25, 0.3) is 0 Å². The van der Waals surface area contributed by atoms with Gasteiger partial charge in [-0.3, -0.25) is 9.59 Å². The van der Waals surface area contributed by atoms with E-state index in [0.717, 1.165) is 32.1 Å². The Morgan fingerprint density at radius 3 is 2.58 bits per heavy atom. The first-order chi connectivity index (χ1) is 11.3. The highest BCUT2D eigenvalue weighted by molar-refractivity contribution is 5.91. The quantitative estimate of drug-likeness (QED) is 0.797. The van der Waals surface area contributed by atoms with Crippen LogP contribution < -0.4 is 0 Å². The third-order valence-corrected chi connectivity index (χ3v) is 8.30. The van der Waals surface area contributed by atoms with Crippen LogP contribution in [-0.2, 0) is 9.59 Å². The average molecular weight is 330 g/mol. The Hall–Kier alpha value is -0.960. The van der Waals surface area contributed by atoms with Crippen molar-refractivity contribution in [2.45, 2.75) is 71.3 Å². The summed E-state index contributed by atoms with van der Waals surface area (Å²) in [4.78, 5) is 24.0. The molecule has 4 rings (SSSR count). The Balaban J connectivity index is 1.69. The predicted octanol–water partition coefficient (Wildman–Crippen LogP) is 3.69. The lowest BCUT2D eigenvalue weighted by atomic mass is 9.47. The van der Waals surface area contributed by atoms with Gasteiger partial charge in [0.05, 0.1) is 0 Å². The van der Waals surface area contributed by atoms with Gasteiger partial charge in [0.2, 0.25) is 0 Å². The molecule has 1 unspecified atom stereocenters.